The number of hydrogen-bond acceptors (Lipinski definition) is 9. The van der Waals surface area contributed by atoms with Gasteiger partial charge in [-0.05, 0) is 56.9 Å². The number of carbonyl (C=O) groups excluding carboxylic acids is 2. The predicted molar refractivity (Wildman–Crippen MR) is 185 cm³/mol. The number of nitrogens with two attached hydrogens (primary N) is 1. The zero-order valence-electron chi connectivity index (χ0n) is 27.3. The number of phenolic OH excluding ortho intramolecular Hbond substituents is 1. The quantitative estimate of drug-likeness (QED) is 0.177. The summed E-state index contributed by atoms with van der Waals surface area (Å²) in [4.78, 5) is 33.7. The second kappa shape index (κ2) is 15.0. The number of aromatic hydroxyl groups is 1. The van der Waals surface area contributed by atoms with Crippen LogP contribution in [0, 0.1) is 18.8 Å². The van der Waals surface area contributed by atoms with Crippen LogP contribution >= 0.6 is 27.3 Å². The summed E-state index contributed by atoms with van der Waals surface area (Å²) in [5, 5.41) is 27.2. The number of rotatable bonds is 15. The number of aryl methyl sites for hydroxylation is 1. The molecule has 2 heterocycles. The Hall–Kier alpha value is -3.04. The van der Waals surface area contributed by atoms with Gasteiger partial charge >= 0.3 is 6.03 Å². The maximum absolute atomic E-state index is 14.1. The summed E-state index contributed by atoms with van der Waals surface area (Å²) in [6, 6.07) is 13.1. The van der Waals surface area contributed by atoms with E-state index in [0.717, 1.165) is 10.6 Å². The first-order valence-corrected chi connectivity index (χ1v) is 18.7. The number of amides is 3. The number of carbonyl (C=O) groups is 2. The number of primary amides is 1. The maximum Gasteiger partial charge on any atom is 0.321 e. The number of urea groups is 1. The van der Waals surface area contributed by atoms with Crippen LogP contribution in [0.25, 0.3) is 0 Å². The molecule has 5 unspecified atom stereocenters. The van der Waals surface area contributed by atoms with Crippen LogP contribution < -0.4 is 11.1 Å². The first kappa shape index (κ1) is 36.8. The van der Waals surface area contributed by atoms with E-state index in [0.29, 0.717) is 16.6 Å². The number of aromatic nitrogens is 1. The van der Waals surface area contributed by atoms with Gasteiger partial charge in [-0.15, -0.1) is 11.3 Å². The SMILES string of the molecule is Cc1nc(CN2C(=O)N(C(C)CC(N)=O)CC2(C)C(Cc2ccccc2)C(O)CNC(C(C)C)S(=O)(=O)c2cc(Br)ccc2O)cs1. The van der Waals surface area contributed by atoms with Gasteiger partial charge in [0.2, 0.25) is 5.91 Å². The molecule has 5 N–H and O–H groups in total. The van der Waals surface area contributed by atoms with Gasteiger partial charge in [-0.25, -0.2) is 18.2 Å². The molecular weight excluding hydrogens is 706 g/mol. The molecule has 5 atom stereocenters. The second-order valence-electron chi connectivity index (χ2n) is 12.8. The van der Waals surface area contributed by atoms with Crippen LogP contribution in [0.15, 0.2) is 63.3 Å². The van der Waals surface area contributed by atoms with Gasteiger partial charge in [0.1, 0.15) is 16.0 Å². The predicted octanol–water partition coefficient (Wildman–Crippen LogP) is 4.45. The molecule has 256 valence electrons. The first-order chi connectivity index (χ1) is 22.0. The average molecular weight is 751 g/mol. The van der Waals surface area contributed by atoms with Gasteiger partial charge in [-0.1, -0.05) is 60.1 Å². The summed E-state index contributed by atoms with van der Waals surface area (Å²) in [7, 11) is -4.08. The Labute approximate surface area is 289 Å². The number of nitrogens with zero attached hydrogens (tertiary/aromatic N) is 3. The van der Waals surface area contributed by atoms with Gasteiger partial charge in [0.15, 0.2) is 9.84 Å². The van der Waals surface area contributed by atoms with Gasteiger partial charge in [-0.3, -0.25) is 10.1 Å². The second-order valence-corrected chi connectivity index (χ2v) is 16.8. The van der Waals surface area contributed by atoms with E-state index in [-0.39, 0.29) is 42.7 Å². The lowest BCUT2D eigenvalue weighted by molar-refractivity contribution is -0.118. The highest BCUT2D eigenvalue weighted by Crippen LogP contribution is 2.40. The molecule has 0 aliphatic carbocycles. The molecule has 3 amide bonds. The number of phenols is 1. The molecule has 1 aliphatic heterocycles. The van der Waals surface area contributed by atoms with Crippen LogP contribution in [-0.2, 0) is 27.6 Å². The monoisotopic (exact) mass is 749 g/mol. The number of hydrogen-bond donors (Lipinski definition) is 4. The summed E-state index contributed by atoms with van der Waals surface area (Å²) in [5.41, 5.74) is 6.20. The lowest BCUT2D eigenvalue weighted by Gasteiger charge is -2.43. The van der Waals surface area contributed by atoms with Gasteiger partial charge in [0, 0.05) is 41.3 Å². The highest BCUT2D eigenvalue weighted by molar-refractivity contribution is 9.10. The summed E-state index contributed by atoms with van der Waals surface area (Å²) < 4.78 is 28.1. The van der Waals surface area contributed by atoms with Crippen molar-refractivity contribution < 1.29 is 28.2 Å². The zero-order chi connectivity index (χ0) is 34.7. The van der Waals surface area contributed by atoms with Crippen LogP contribution in [-0.4, -0.2) is 81.5 Å². The molecule has 0 spiro atoms. The highest BCUT2D eigenvalue weighted by atomic mass is 79.9. The Balaban J connectivity index is 1.72. The molecule has 11 nitrogen and oxygen atoms in total. The van der Waals surface area contributed by atoms with E-state index in [2.05, 4.69) is 26.2 Å². The molecule has 0 bridgehead atoms. The number of sulfone groups is 1. The third kappa shape index (κ3) is 8.34. The van der Waals surface area contributed by atoms with E-state index in [1.165, 1.54) is 23.5 Å². The highest BCUT2D eigenvalue weighted by Gasteiger charge is 2.54. The Kier molecular flexibility index (Phi) is 11.8. The zero-order valence-corrected chi connectivity index (χ0v) is 30.5. The molecule has 47 heavy (non-hydrogen) atoms. The van der Waals surface area contributed by atoms with E-state index in [4.69, 9.17) is 5.73 Å². The van der Waals surface area contributed by atoms with Crippen molar-refractivity contribution in [2.24, 2.45) is 17.6 Å². The van der Waals surface area contributed by atoms with Gasteiger partial charge < -0.3 is 25.7 Å². The van der Waals surface area contributed by atoms with Crippen molar-refractivity contribution in [2.45, 2.75) is 82.0 Å². The number of benzene rings is 2. The largest absolute Gasteiger partial charge is 0.507 e. The van der Waals surface area contributed by atoms with Crippen LogP contribution in [0.3, 0.4) is 0 Å². The third-order valence-electron chi connectivity index (χ3n) is 8.86. The normalized spacial score (nSPS) is 19.6. The van der Waals surface area contributed by atoms with Gasteiger partial charge in [0.25, 0.3) is 0 Å². The summed E-state index contributed by atoms with van der Waals surface area (Å²) in [6.45, 7) is 9.38. The molecule has 1 aromatic heterocycles. The molecule has 14 heteroatoms. The molecular formula is C33H44BrN5O6S2. The van der Waals surface area contributed by atoms with Crippen molar-refractivity contribution in [3.63, 3.8) is 0 Å². The van der Waals surface area contributed by atoms with E-state index in [1.807, 2.05) is 49.6 Å². The molecule has 1 aliphatic rings. The molecule has 0 radical (unpaired) electrons. The van der Waals surface area contributed by atoms with E-state index in [1.54, 1.807) is 36.6 Å². The average Bonchev–Trinajstić information content (AvgIpc) is 3.53. The first-order valence-electron chi connectivity index (χ1n) is 15.5. The van der Waals surface area contributed by atoms with Gasteiger partial charge in [0.05, 0.1) is 28.9 Å². The molecule has 1 saturated heterocycles. The standard InChI is InChI=1S/C33H44BrN5O6S2/c1-20(2)31(47(44,45)29-15-24(34)11-12-27(29)40)36-16-28(41)26(14-23-9-7-6-8-10-23)33(5)19-38(21(3)13-30(35)42)32(43)39(33)17-25-18-46-22(4)37-25/h6-12,15,18,20-21,26,28,31,36,40-41H,13-14,16-17,19H2,1-5H3,(H2,35,42). The van der Waals surface area contributed by atoms with E-state index in [9.17, 15) is 28.2 Å². The van der Waals surface area contributed by atoms with Gasteiger partial charge in [-0.2, -0.15) is 0 Å². The number of nitrogens with one attached hydrogen (secondary N) is 1. The molecule has 2 aromatic carbocycles. The van der Waals surface area contributed by atoms with Crippen molar-refractivity contribution in [3.05, 3.63) is 74.6 Å². The molecule has 3 aromatic rings. The summed E-state index contributed by atoms with van der Waals surface area (Å²) in [5.74, 6) is -1.89. The van der Waals surface area contributed by atoms with Crippen molar-refractivity contribution in [2.75, 3.05) is 13.1 Å². The fourth-order valence-corrected chi connectivity index (χ4v) is 9.47. The molecule has 0 saturated carbocycles. The number of thiazole rings is 1. The topological polar surface area (TPSA) is 166 Å². The fourth-order valence-electron chi connectivity index (χ4n) is 6.40. The Morgan fingerprint density at radius 2 is 1.87 bits per heavy atom. The Morgan fingerprint density at radius 3 is 2.47 bits per heavy atom. The van der Waals surface area contributed by atoms with Crippen molar-refractivity contribution in [3.8, 4) is 5.75 Å². The number of aliphatic hydroxyl groups is 1. The lowest BCUT2D eigenvalue weighted by atomic mass is 9.76. The summed E-state index contributed by atoms with van der Waals surface area (Å²) >= 11 is 4.77. The number of halogens is 1. The Morgan fingerprint density at radius 1 is 1.19 bits per heavy atom. The third-order valence-corrected chi connectivity index (χ3v) is 12.5. The van der Waals surface area contributed by atoms with Crippen LogP contribution in [0.5, 0.6) is 5.75 Å². The van der Waals surface area contributed by atoms with Crippen LogP contribution in [0.2, 0.25) is 0 Å². The molecule has 1 fully saturated rings. The minimum atomic E-state index is -4.08. The van der Waals surface area contributed by atoms with Crippen molar-refractivity contribution in [1.82, 2.24) is 20.1 Å². The smallest absolute Gasteiger partial charge is 0.321 e. The summed E-state index contributed by atoms with van der Waals surface area (Å²) in [6.07, 6.45) is -0.759. The number of aliphatic hydroxyl groups excluding tert-OH is 1. The van der Waals surface area contributed by atoms with E-state index < -0.39 is 50.6 Å². The molecule has 4 rings (SSSR count). The minimum absolute atomic E-state index is 0.0185. The van der Waals surface area contributed by atoms with Crippen LogP contribution in [0.1, 0.15) is 50.4 Å². The Bertz CT molecular complexity index is 1670. The fraction of sp³-hybridized carbons (Fsp3) is 0.485. The lowest BCUT2D eigenvalue weighted by Crippen LogP contribution is -2.57. The van der Waals surface area contributed by atoms with E-state index >= 15 is 0 Å². The van der Waals surface area contributed by atoms with Crippen molar-refractivity contribution in [1.29, 1.82) is 0 Å². The van der Waals surface area contributed by atoms with Crippen LogP contribution in [0.4, 0.5) is 4.79 Å². The van der Waals surface area contributed by atoms with Crippen molar-refractivity contribution >= 4 is 49.0 Å². The minimum Gasteiger partial charge on any atom is -0.507 e. The maximum atomic E-state index is 14.1.